The average molecular weight is 321 g/mol. The van der Waals surface area contributed by atoms with Crippen LogP contribution in [0.2, 0.25) is 0 Å². The lowest BCUT2D eigenvalue weighted by Gasteiger charge is -2.06. The molecule has 0 bridgehead atoms. The van der Waals surface area contributed by atoms with Crippen LogP contribution in [-0.2, 0) is 0 Å². The van der Waals surface area contributed by atoms with E-state index in [1.54, 1.807) is 23.1 Å². The van der Waals surface area contributed by atoms with Gasteiger partial charge in [-0.25, -0.2) is 9.50 Å². The lowest BCUT2D eigenvalue weighted by Crippen LogP contribution is -2.24. The summed E-state index contributed by atoms with van der Waals surface area (Å²) in [5, 5.41) is 7.29. The summed E-state index contributed by atoms with van der Waals surface area (Å²) < 4.78 is 1.70. The molecule has 3 aromatic rings. The molecule has 0 radical (unpaired) electrons. The van der Waals surface area contributed by atoms with Gasteiger partial charge in [0.2, 0.25) is 0 Å². The van der Waals surface area contributed by atoms with Crippen LogP contribution in [0.1, 0.15) is 35.3 Å². The fourth-order valence-corrected chi connectivity index (χ4v) is 2.83. The van der Waals surface area contributed by atoms with Gasteiger partial charge < -0.3 is 5.32 Å². The molecule has 1 aliphatic rings. The quantitative estimate of drug-likeness (QED) is 0.784. The largest absolute Gasteiger partial charge is 0.352 e. The highest BCUT2D eigenvalue weighted by Gasteiger charge is 2.21. The lowest BCUT2D eigenvalue weighted by atomic mass is 10.2. The molecule has 6 nitrogen and oxygen atoms in total. The molecule has 1 saturated carbocycles. The monoisotopic (exact) mass is 321 g/mol. The fourth-order valence-electron chi connectivity index (χ4n) is 2.83. The number of hydrogen-bond donors (Lipinski definition) is 1. The number of carbonyl (C=O) groups is 1. The van der Waals surface area contributed by atoms with Gasteiger partial charge in [0.15, 0.2) is 5.65 Å². The number of aryl methyl sites for hydroxylation is 1. The van der Waals surface area contributed by atoms with Crippen LogP contribution < -0.4 is 5.32 Å². The molecule has 1 aliphatic carbocycles. The van der Waals surface area contributed by atoms with Gasteiger partial charge in [0, 0.05) is 30.2 Å². The molecule has 0 unspecified atom stereocenters. The summed E-state index contributed by atoms with van der Waals surface area (Å²) in [5.74, 6) is 0.688. The molecular formula is C18H19N5O. The Morgan fingerprint density at radius 2 is 2.25 bits per heavy atom. The molecule has 6 heteroatoms. The summed E-state index contributed by atoms with van der Waals surface area (Å²) in [5.41, 5.74) is 3.73. The highest BCUT2D eigenvalue weighted by atomic mass is 16.1. The Hall–Kier alpha value is -2.76. The fraction of sp³-hybridized carbons (Fsp3) is 0.333. The summed E-state index contributed by atoms with van der Waals surface area (Å²) in [6.07, 6.45) is 8.73. The molecule has 122 valence electrons. The summed E-state index contributed by atoms with van der Waals surface area (Å²) in [6, 6.07) is 5.78. The van der Waals surface area contributed by atoms with Crippen molar-refractivity contribution in [1.29, 1.82) is 0 Å². The highest BCUT2D eigenvalue weighted by Crippen LogP contribution is 2.31. The maximum absolute atomic E-state index is 12.5. The predicted molar refractivity (Wildman–Crippen MR) is 90.6 cm³/mol. The molecule has 24 heavy (non-hydrogen) atoms. The van der Waals surface area contributed by atoms with Gasteiger partial charge in [-0.15, -0.1) is 0 Å². The third kappa shape index (κ3) is 2.87. The van der Waals surface area contributed by atoms with Gasteiger partial charge in [-0.2, -0.15) is 5.10 Å². The Kier molecular flexibility index (Phi) is 3.72. The van der Waals surface area contributed by atoms with Crippen LogP contribution in [0.3, 0.4) is 0 Å². The molecule has 1 amide bonds. The first kappa shape index (κ1) is 14.8. The Morgan fingerprint density at radius 1 is 1.38 bits per heavy atom. The first-order valence-corrected chi connectivity index (χ1v) is 8.26. The molecular weight excluding hydrogens is 302 g/mol. The molecule has 1 N–H and O–H groups in total. The smallest absolute Gasteiger partial charge is 0.256 e. The lowest BCUT2D eigenvalue weighted by molar-refractivity contribution is 0.0954. The van der Waals surface area contributed by atoms with E-state index in [0.29, 0.717) is 17.8 Å². The van der Waals surface area contributed by atoms with Gasteiger partial charge in [-0.3, -0.25) is 9.78 Å². The van der Waals surface area contributed by atoms with E-state index >= 15 is 0 Å². The van der Waals surface area contributed by atoms with Crippen molar-refractivity contribution >= 4 is 11.6 Å². The summed E-state index contributed by atoms with van der Waals surface area (Å²) in [6.45, 7) is 2.67. The minimum atomic E-state index is -0.110. The summed E-state index contributed by atoms with van der Waals surface area (Å²) in [4.78, 5) is 21.2. The van der Waals surface area contributed by atoms with E-state index < -0.39 is 0 Å². The van der Waals surface area contributed by atoms with Crippen molar-refractivity contribution in [3.8, 4) is 11.3 Å². The normalized spacial score (nSPS) is 14.0. The zero-order valence-electron chi connectivity index (χ0n) is 13.6. The second-order valence-electron chi connectivity index (χ2n) is 6.31. The second-order valence-corrected chi connectivity index (χ2v) is 6.31. The van der Waals surface area contributed by atoms with Crippen LogP contribution in [-0.4, -0.2) is 32.0 Å². The standard InChI is InChI=1S/C18H19N5O/c1-12-9-16(14-3-2-7-19-10-14)22-17-15(11-21-23(12)17)18(24)20-8-6-13-4-5-13/h2-3,7,9-11,13H,4-6,8H2,1H3,(H,20,24). The summed E-state index contributed by atoms with van der Waals surface area (Å²) >= 11 is 0. The first-order valence-electron chi connectivity index (χ1n) is 8.26. The number of fused-ring (bicyclic) bond motifs is 1. The van der Waals surface area contributed by atoms with Crippen molar-refractivity contribution in [3.05, 3.63) is 48.0 Å². The van der Waals surface area contributed by atoms with E-state index in [0.717, 1.165) is 29.3 Å². The van der Waals surface area contributed by atoms with Crippen LogP contribution in [0, 0.1) is 12.8 Å². The Morgan fingerprint density at radius 3 is 3.00 bits per heavy atom. The molecule has 0 aromatic carbocycles. The first-order chi connectivity index (χ1) is 11.7. The minimum absolute atomic E-state index is 0.110. The van der Waals surface area contributed by atoms with Gasteiger partial charge in [0.05, 0.1) is 11.9 Å². The molecule has 0 aliphatic heterocycles. The van der Waals surface area contributed by atoms with E-state index in [9.17, 15) is 4.79 Å². The summed E-state index contributed by atoms with van der Waals surface area (Å²) in [7, 11) is 0. The topological polar surface area (TPSA) is 72.2 Å². The average Bonchev–Trinajstić information content (AvgIpc) is 3.32. The number of amides is 1. The zero-order valence-corrected chi connectivity index (χ0v) is 13.6. The van der Waals surface area contributed by atoms with Crippen molar-refractivity contribution in [3.63, 3.8) is 0 Å². The SMILES string of the molecule is Cc1cc(-c2cccnc2)nc2c(C(=O)NCCC3CC3)cnn12. The number of rotatable bonds is 5. The van der Waals surface area contributed by atoms with Gasteiger partial charge in [-0.05, 0) is 37.5 Å². The van der Waals surface area contributed by atoms with Gasteiger partial charge in [0.25, 0.3) is 5.91 Å². The van der Waals surface area contributed by atoms with E-state index in [1.165, 1.54) is 12.8 Å². The van der Waals surface area contributed by atoms with Crippen molar-refractivity contribution in [2.24, 2.45) is 5.92 Å². The van der Waals surface area contributed by atoms with E-state index in [2.05, 4.69) is 20.4 Å². The van der Waals surface area contributed by atoms with E-state index in [-0.39, 0.29) is 5.91 Å². The minimum Gasteiger partial charge on any atom is -0.352 e. The number of carbonyl (C=O) groups excluding carboxylic acids is 1. The predicted octanol–water partition coefficient (Wildman–Crippen LogP) is 2.63. The van der Waals surface area contributed by atoms with Gasteiger partial charge in [-0.1, -0.05) is 12.8 Å². The number of nitrogens with zero attached hydrogens (tertiary/aromatic N) is 4. The van der Waals surface area contributed by atoms with Crippen LogP contribution >= 0.6 is 0 Å². The molecule has 0 atom stereocenters. The van der Waals surface area contributed by atoms with Crippen molar-refractivity contribution in [2.45, 2.75) is 26.2 Å². The number of pyridine rings is 1. The third-order valence-electron chi connectivity index (χ3n) is 4.39. The van der Waals surface area contributed by atoms with Crippen LogP contribution in [0.25, 0.3) is 16.9 Å². The Bertz CT molecular complexity index is 883. The highest BCUT2D eigenvalue weighted by molar-refractivity contribution is 5.99. The number of aromatic nitrogens is 4. The molecule has 0 saturated heterocycles. The van der Waals surface area contributed by atoms with E-state index in [4.69, 9.17) is 0 Å². The van der Waals surface area contributed by atoms with Gasteiger partial charge in [0.1, 0.15) is 5.56 Å². The molecule has 1 fully saturated rings. The van der Waals surface area contributed by atoms with Gasteiger partial charge >= 0.3 is 0 Å². The second kappa shape index (κ2) is 6.03. The van der Waals surface area contributed by atoms with E-state index in [1.807, 2.05) is 25.1 Å². The molecule has 3 heterocycles. The third-order valence-corrected chi connectivity index (χ3v) is 4.39. The maximum Gasteiger partial charge on any atom is 0.256 e. The molecule has 0 spiro atoms. The van der Waals surface area contributed by atoms with Crippen LogP contribution in [0.4, 0.5) is 0 Å². The van der Waals surface area contributed by atoms with Crippen LogP contribution in [0.5, 0.6) is 0 Å². The van der Waals surface area contributed by atoms with Crippen molar-refractivity contribution < 1.29 is 4.79 Å². The van der Waals surface area contributed by atoms with Crippen molar-refractivity contribution in [2.75, 3.05) is 6.54 Å². The Labute approximate surface area is 139 Å². The zero-order chi connectivity index (χ0) is 16.5. The Balaban J connectivity index is 1.66. The number of nitrogens with one attached hydrogen (secondary N) is 1. The molecule has 3 aromatic heterocycles. The van der Waals surface area contributed by atoms with Crippen molar-refractivity contribution in [1.82, 2.24) is 24.9 Å². The molecule has 4 rings (SSSR count). The maximum atomic E-state index is 12.5. The van der Waals surface area contributed by atoms with Crippen LogP contribution in [0.15, 0.2) is 36.8 Å². The number of hydrogen-bond acceptors (Lipinski definition) is 4.